The Morgan fingerprint density at radius 1 is 1.79 bits per heavy atom. The second kappa shape index (κ2) is 4.97. The van der Waals surface area contributed by atoms with Gasteiger partial charge < -0.3 is 0 Å². The Hall–Kier alpha value is -1.08. The summed E-state index contributed by atoms with van der Waals surface area (Å²) in [4.78, 5) is 15.1. The first-order valence-electron chi connectivity index (χ1n) is 4.15. The van der Waals surface area contributed by atoms with E-state index < -0.39 is 0 Å². The van der Waals surface area contributed by atoms with Crippen LogP contribution in [0.4, 0.5) is 0 Å². The Morgan fingerprint density at radius 3 is 3.00 bits per heavy atom. The van der Waals surface area contributed by atoms with Crippen molar-refractivity contribution < 1.29 is 4.79 Å². The van der Waals surface area contributed by atoms with Gasteiger partial charge in [0.2, 0.25) is 11.1 Å². The number of carbonyl (C=O) groups excluding carboxylic acids is 1. The number of nitrogens with one attached hydrogen (secondary N) is 2. The maximum absolute atomic E-state index is 11.0. The maximum atomic E-state index is 11.0. The molecule has 1 atom stereocenters. The summed E-state index contributed by atoms with van der Waals surface area (Å²) in [5.74, 6) is 6.05. The number of aryl methyl sites for hydroxylation is 1. The van der Waals surface area contributed by atoms with Crippen LogP contribution in [0.15, 0.2) is 5.16 Å². The smallest absolute Gasteiger partial charge is 0.237 e. The zero-order valence-electron chi connectivity index (χ0n) is 8.07. The third-order valence-electron chi connectivity index (χ3n) is 1.63. The fraction of sp³-hybridized carbons (Fsp3) is 0.571. The first-order chi connectivity index (χ1) is 6.63. The summed E-state index contributed by atoms with van der Waals surface area (Å²) in [5, 5.41) is 7.32. The Balaban J connectivity index is 2.37. The lowest BCUT2D eigenvalue weighted by Crippen LogP contribution is -2.35. The van der Waals surface area contributed by atoms with Crippen LogP contribution in [0.25, 0.3) is 0 Å². The Morgan fingerprint density at radius 2 is 2.50 bits per heavy atom. The molecule has 1 aromatic heterocycles. The van der Waals surface area contributed by atoms with Gasteiger partial charge in [0.1, 0.15) is 5.82 Å². The number of thioether (sulfide) groups is 1. The number of nitrogens with zero attached hydrogens (tertiary/aromatic N) is 2. The van der Waals surface area contributed by atoms with Crippen molar-refractivity contribution in [2.75, 3.05) is 5.75 Å². The lowest BCUT2D eigenvalue weighted by Gasteiger charge is -2.06. The number of aromatic nitrogens is 3. The SMILES string of the molecule is Cc1nc(SCC(C)C(=O)NN)n[nH]1. The molecule has 0 spiro atoms. The zero-order valence-corrected chi connectivity index (χ0v) is 8.89. The molecule has 0 aromatic carbocycles. The van der Waals surface area contributed by atoms with E-state index in [9.17, 15) is 4.79 Å². The minimum atomic E-state index is -0.176. The van der Waals surface area contributed by atoms with Crippen molar-refractivity contribution >= 4 is 17.7 Å². The molecule has 1 amide bonds. The first kappa shape index (κ1) is 11.0. The van der Waals surface area contributed by atoms with Crippen LogP contribution in [0.2, 0.25) is 0 Å². The fourth-order valence-corrected chi connectivity index (χ4v) is 1.67. The number of carbonyl (C=O) groups is 1. The van der Waals surface area contributed by atoms with Gasteiger partial charge in [-0.3, -0.25) is 15.3 Å². The lowest BCUT2D eigenvalue weighted by atomic mass is 10.2. The molecule has 7 heteroatoms. The molecule has 14 heavy (non-hydrogen) atoms. The molecule has 0 aliphatic carbocycles. The van der Waals surface area contributed by atoms with Gasteiger partial charge in [-0.05, 0) is 6.92 Å². The molecule has 6 nitrogen and oxygen atoms in total. The van der Waals surface area contributed by atoms with E-state index in [0.717, 1.165) is 5.82 Å². The van der Waals surface area contributed by atoms with Crippen LogP contribution in [0.5, 0.6) is 0 Å². The molecule has 1 rings (SSSR count). The largest absolute Gasteiger partial charge is 0.294 e. The summed E-state index contributed by atoms with van der Waals surface area (Å²) in [6.07, 6.45) is 0. The van der Waals surface area contributed by atoms with E-state index in [4.69, 9.17) is 5.84 Å². The van der Waals surface area contributed by atoms with E-state index >= 15 is 0 Å². The molecule has 0 fully saturated rings. The molecule has 4 N–H and O–H groups in total. The molecular weight excluding hydrogens is 202 g/mol. The summed E-state index contributed by atoms with van der Waals surface area (Å²) in [7, 11) is 0. The van der Waals surface area contributed by atoms with E-state index in [1.165, 1.54) is 11.8 Å². The summed E-state index contributed by atoms with van der Waals surface area (Å²) >= 11 is 1.42. The van der Waals surface area contributed by atoms with Crippen LogP contribution in [0, 0.1) is 12.8 Å². The fourth-order valence-electron chi connectivity index (χ4n) is 0.804. The molecule has 1 unspecified atom stereocenters. The zero-order chi connectivity index (χ0) is 10.6. The van der Waals surface area contributed by atoms with Gasteiger partial charge in [-0.1, -0.05) is 18.7 Å². The number of hydrazine groups is 1. The molecular formula is C7H13N5OS. The number of H-pyrrole nitrogens is 1. The predicted octanol–water partition coefficient (Wildman–Crippen LogP) is -0.169. The van der Waals surface area contributed by atoms with Gasteiger partial charge >= 0.3 is 0 Å². The van der Waals surface area contributed by atoms with E-state index in [1.54, 1.807) is 6.92 Å². The highest BCUT2D eigenvalue weighted by atomic mass is 32.2. The minimum Gasteiger partial charge on any atom is -0.294 e. The van der Waals surface area contributed by atoms with Gasteiger partial charge in [0.15, 0.2) is 0 Å². The third kappa shape index (κ3) is 3.00. The Bertz CT molecular complexity index is 313. The number of nitrogens with two attached hydrogens (primary N) is 1. The van der Waals surface area contributed by atoms with E-state index in [0.29, 0.717) is 10.9 Å². The van der Waals surface area contributed by atoms with Gasteiger partial charge in [0, 0.05) is 11.7 Å². The minimum absolute atomic E-state index is 0.149. The van der Waals surface area contributed by atoms with Gasteiger partial charge in [-0.15, -0.1) is 5.10 Å². The van der Waals surface area contributed by atoms with Crippen LogP contribution in [0.3, 0.4) is 0 Å². The monoisotopic (exact) mass is 215 g/mol. The number of hydrogen-bond acceptors (Lipinski definition) is 5. The van der Waals surface area contributed by atoms with E-state index in [2.05, 4.69) is 20.6 Å². The van der Waals surface area contributed by atoms with Crippen LogP contribution in [0.1, 0.15) is 12.7 Å². The van der Waals surface area contributed by atoms with Gasteiger partial charge in [0.05, 0.1) is 0 Å². The molecule has 0 aliphatic rings. The molecule has 0 saturated heterocycles. The van der Waals surface area contributed by atoms with Crippen molar-refractivity contribution in [3.63, 3.8) is 0 Å². The number of aromatic amines is 1. The average molecular weight is 215 g/mol. The topological polar surface area (TPSA) is 96.7 Å². The molecule has 1 heterocycles. The van der Waals surface area contributed by atoms with Gasteiger partial charge in [0.25, 0.3) is 0 Å². The molecule has 78 valence electrons. The normalized spacial score (nSPS) is 12.5. The second-order valence-corrected chi connectivity index (χ2v) is 3.91. The standard InChI is InChI=1S/C7H13N5OS/c1-4(6(13)10-8)3-14-7-9-5(2)11-12-7/h4H,3,8H2,1-2H3,(H,10,13)(H,9,11,12). The molecule has 0 aliphatic heterocycles. The van der Waals surface area contributed by atoms with Crippen molar-refractivity contribution in [1.29, 1.82) is 0 Å². The number of hydrogen-bond donors (Lipinski definition) is 3. The van der Waals surface area contributed by atoms with Crippen LogP contribution >= 0.6 is 11.8 Å². The number of amides is 1. The van der Waals surface area contributed by atoms with Crippen molar-refractivity contribution in [2.24, 2.45) is 11.8 Å². The lowest BCUT2D eigenvalue weighted by molar-refractivity contribution is -0.123. The van der Waals surface area contributed by atoms with E-state index in [-0.39, 0.29) is 11.8 Å². The van der Waals surface area contributed by atoms with Crippen molar-refractivity contribution in [3.05, 3.63) is 5.82 Å². The van der Waals surface area contributed by atoms with Crippen molar-refractivity contribution in [2.45, 2.75) is 19.0 Å². The second-order valence-electron chi connectivity index (χ2n) is 2.92. The van der Waals surface area contributed by atoms with Crippen LogP contribution in [-0.2, 0) is 4.79 Å². The highest BCUT2D eigenvalue weighted by Crippen LogP contribution is 2.15. The van der Waals surface area contributed by atoms with Crippen LogP contribution in [-0.4, -0.2) is 26.8 Å². The molecule has 0 bridgehead atoms. The average Bonchev–Trinajstić information content (AvgIpc) is 2.59. The quantitative estimate of drug-likeness (QED) is 0.280. The Kier molecular flexibility index (Phi) is 3.90. The predicted molar refractivity (Wildman–Crippen MR) is 53.3 cm³/mol. The summed E-state index contributed by atoms with van der Waals surface area (Å²) in [6.45, 7) is 3.63. The summed E-state index contributed by atoms with van der Waals surface area (Å²) in [5.41, 5.74) is 2.11. The third-order valence-corrected chi connectivity index (χ3v) is 2.74. The Labute approximate surface area is 86.0 Å². The summed E-state index contributed by atoms with van der Waals surface area (Å²) < 4.78 is 0. The van der Waals surface area contributed by atoms with Gasteiger partial charge in [-0.2, -0.15) is 0 Å². The van der Waals surface area contributed by atoms with Crippen molar-refractivity contribution in [1.82, 2.24) is 20.6 Å². The van der Waals surface area contributed by atoms with E-state index in [1.807, 2.05) is 6.92 Å². The van der Waals surface area contributed by atoms with Crippen molar-refractivity contribution in [3.8, 4) is 0 Å². The summed E-state index contributed by atoms with van der Waals surface area (Å²) in [6, 6.07) is 0. The number of rotatable bonds is 4. The molecule has 1 aromatic rings. The maximum Gasteiger partial charge on any atom is 0.237 e. The highest BCUT2D eigenvalue weighted by Gasteiger charge is 2.12. The molecule has 0 saturated carbocycles. The van der Waals surface area contributed by atoms with Gasteiger partial charge in [-0.25, -0.2) is 10.8 Å². The van der Waals surface area contributed by atoms with Crippen LogP contribution < -0.4 is 11.3 Å². The first-order valence-corrected chi connectivity index (χ1v) is 5.14. The molecule has 0 radical (unpaired) electrons. The highest BCUT2D eigenvalue weighted by molar-refractivity contribution is 7.99.